The zero-order valence-corrected chi connectivity index (χ0v) is 11.4. The molecule has 0 bridgehead atoms. The number of rotatable bonds is 5. The third kappa shape index (κ3) is 3.71. The quantitative estimate of drug-likeness (QED) is 0.740. The fourth-order valence-corrected chi connectivity index (χ4v) is 3.90. The maximum Gasteiger partial charge on any atom is 0.215 e. The van der Waals surface area contributed by atoms with E-state index >= 15 is 0 Å². The summed E-state index contributed by atoms with van der Waals surface area (Å²) >= 11 is 0. The molecular formula is C11H24N2O2S. The molecule has 0 amide bonds. The van der Waals surface area contributed by atoms with Crippen LogP contribution in [-0.4, -0.2) is 44.2 Å². The third-order valence-electron chi connectivity index (χ3n) is 3.20. The van der Waals surface area contributed by atoms with E-state index in [2.05, 4.69) is 12.2 Å². The maximum atomic E-state index is 12.1. The molecule has 0 aromatic carbocycles. The second-order valence-corrected chi connectivity index (χ2v) is 6.81. The first-order valence-corrected chi connectivity index (χ1v) is 7.78. The van der Waals surface area contributed by atoms with Gasteiger partial charge in [-0.15, -0.1) is 0 Å². The molecule has 5 heteroatoms. The largest absolute Gasteiger partial charge is 0.316 e. The number of sulfonamides is 1. The number of hydrogen-bond acceptors (Lipinski definition) is 3. The molecule has 0 aliphatic carbocycles. The number of nitrogens with zero attached hydrogens (tertiary/aromatic N) is 1. The van der Waals surface area contributed by atoms with Crippen molar-refractivity contribution in [1.82, 2.24) is 9.62 Å². The first-order valence-electron chi connectivity index (χ1n) is 6.17. The van der Waals surface area contributed by atoms with Crippen LogP contribution in [0.25, 0.3) is 0 Å². The summed E-state index contributed by atoms with van der Waals surface area (Å²) < 4.78 is 25.9. The van der Waals surface area contributed by atoms with Gasteiger partial charge in [0.2, 0.25) is 10.0 Å². The molecule has 1 fully saturated rings. The highest BCUT2D eigenvalue weighted by Crippen LogP contribution is 2.24. The van der Waals surface area contributed by atoms with E-state index < -0.39 is 10.0 Å². The fourth-order valence-electron chi connectivity index (χ4n) is 2.13. The second-order valence-electron chi connectivity index (χ2n) is 4.77. The summed E-state index contributed by atoms with van der Waals surface area (Å²) in [6.07, 6.45) is 2.13. The van der Waals surface area contributed by atoms with Gasteiger partial charge in [-0.3, -0.25) is 0 Å². The van der Waals surface area contributed by atoms with Crippen LogP contribution in [0, 0.1) is 5.92 Å². The van der Waals surface area contributed by atoms with Gasteiger partial charge in [0.25, 0.3) is 0 Å². The van der Waals surface area contributed by atoms with E-state index in [-0.39, 0.29) is 11.8 Å². The Labute approximate surface area is 99.5 Å². The van der Waals surface area contributed by atoms with Crippen molar-refractivity contribution >= 4 is 10.0 Å². The van der Waals surface area contributed by atoms with Gasteiger partial charge in [0, 0.05) is 19.1 Å². The molecule has 0 aromatic heterocycles. The Balaban J connectivity index is 2.58. The van der Waals surface area contributed by atoms with Gasteiger partial charge < -0.3 is 5.32 Å². The van der Waals surface area contributed by atoms with Crippen molar-refractivity contribution in [2.75, 3.05) is 25.4 Å². The number of piperidine rings is 1. The first kappa shape index (κ1) is 13.9. The predicted molar refractivity (Wildman–Crippen MR) is 66.9 cm³/mol. The van der Waals surface area contributed by atoms with Gasteiger partial charge in [0.1, 0.15) is 0 Å². The van der Waals surface area contributed by atoms with Crippen LogP contribution in [-0.2, 0) is 10.0 Å². The zero-order valence-electron chi connectivity index (χ0n) is 10.6. The summed E-state index contributed by atoms with van der Waals surface area (Å²) in [6.45, 7) is 8.18. The van der Waals surface area contributed by atoms with Crippen molar-refractivity contribution in [1.29, 1.82) is 0 Å². The van der Waals surface area contributed by atoms with Crippen LogP contribution in [0.2, 0.25) is 0 Å². The standard InChI is InChI=1S/C11H24N2O2S/c1-4-12-7-8-16(14,15)13-9-10(2)5-6-11(13)3/h10-12H,4-9H2,1-3H3. The van der Waals surface area contributed by atoms with Gasteiger partial charge in [-0.05, 0) is 32.2 Å². The summed E-state index contributed by atoms with van der Waals surface area (Å²) in [7, 11) is -3.07. The molecule has 0 saturated carbocycles. The zero-order chi connectivity index (χ0) is 12.2. The molecule has 1 aliphatic rings. The van der Waals surface area contributed by atoms with Crippen LogP contribution < -0.4 is 5.32 Å². The van der Waals surface area contributed by atoms with Gasteiger partial charge in [-0.1, -0.05) is 13.8 Å². The second kappa shape index (κ2) is 5.98. The molecule has 1 N–H and O–H groups in total. The van der Waals surface area contributed by atoms with E-state index in [1.54, 1.807) is 4.31 Å². The van der Waals surface area contributed by atoms with Crippen LogP contribution in [0.1, 0.15) is 33.6 Å². The lowest BCUT2D eigenvalue weighted by molar-refractivity contribution is 0.218. The highest BCUT2D eigenvalue weighted by atomic mass is 32.2. The van der Waals surface area contributed by atoms with E-state index in [1.807, 2.05) is 13.8 Å². The van der Waals surface area contributed by atoms with Crippen LogP contribution in [0.15, 0.2) is 0 Å². The van der Waals surface area contributed by atoms with E-state index in [0.29, 0.717) is 19.0 Å². The van der Waals surface area contributed by atoms with Crippen molar-refractivity contribution in [3.05, 3.63) is 0 Å². The summed E-state index contributed by atoms with van der Waals surface area (Å²) in [5.41, 5.74) is 0. The smallest absolute Gasteiger partial charge is 0.215 e. The van der Waals surface area contributed by atoms with Crippen LogP contribution in [0.3, 0.4) is 0 Å². The molecule has 0 spiro atoms. The van der Waals surface area contributed by atoms with Crippen molar-refractivity contribution in [2.45, 2.75) is 39.7 Å². The Morgan fingerprint density at radius 3 is 2.62 bits per heavy atom. The first-order chi connectivity index (χ1) is 7.47. The Kier molecular flexibility index (Phi) is 5.21. The number of hydrogen-bond donors (Lipinski definition) is 1. The molecule has 1 aliphatic heterocycles. The van der Waals surface area contributed by atoms with Gasteiger partial charge in [0.15, 0.2) is 0 Å². The molecule has 1 saturated heterocycles. The third-order valence-corrected chi connectivity index (χ3v) is 5.15. The molecule has 16 heavy (non-hydrogen) atoms. The van der Waals surface area contributed by atoms with E-state index in [9.17, 15) is 8.42 Å². The summed E-state index contributed by atoms with van der Waals surface area (Å²) in [4.78, 5) is 0. The lowest BCUT2D eigenvalue weighted by Crippen LogP contribution is -2.46. The lowest BCUT2D eigenvalue weighted by atomic mass is 9.97. The van der Waals surface area contributed by atoms with Crippen LogP contribution in [0.4, 0.5) is 0 Å². The maximum absolute atomic E-state index is 12.1. The van der Waals surface area contributed by atoms with E-state index in [0.717, 1.165) is 19.4 Å². The van der Waals surface area contributed by atoms with Gasteiger partial charge in [-0.2, -0.15) is 4.31 Å². The lowest BCUT2D eigenvalue weighted by Gasteiger charge is -2.35. The van der Waals surface area contributed by atoms with E-state index in [1.165, 1.54) is 0 Å². The average Bonchev–Trinajstić information content (AvgIpc) is 2.22. The Morgan fingerprint density at radius 2 is 2.00 bits per heavy atom. The highest BCUT2D eigenvalue weighted by Gasteiger charge is 2.31. The molecule has 1 rings (SSSR count). The van der Waals surface area contributed by atoms with Gasteiger partial charge >= 0.3 is 0 Å². The SMILES string of the molecule is CCNCCS(=O)(=O)N1CC(C)CCC1C. The fraction of sp³-hybridized carbons (Fsp3) is 1.00. The summed E-state index contributed by atoms with van der Waals surface area (Å²) in [5, 5.41) is 3.06. The molecule has 2 unspecified atom stereocenters. The Morgan fingerprint density at radius 1 is 1.31 bits per heavy atom. The van der Waals surface area contributed by atoms with Crippen LogP contribution in [0.5, 0.6) is 0 Å². The highest BCUT2D eigenvalue weighted by molar-refractivity contribution is 7.89. The molecule has 1 heterocycles. The summed E-state index contributed by atoms with van der Waals surface area (Å²) in [5.74, 6) is 0.711. The monoisotopic (exact) mass is 248 g/mol. The minimum absolute atomic E-state index is 0.169. The normalized spacial score (nSPS) is 28.2. The molecule has 2 atom stereocenters. The van der Waals surface area contributed by atoms with E-state index in [4.69, 9.17) is 0 Å². The molecule has 96 valence electrons. The van der Waals surface area contributed by atoms with Gasteiger partial charge in [0.05, 0.1) is 5.75 Å². The van der Waals surface area contributed by atoms with Crippen molar-refractivity contribution in [2.24, 2.45) is 5.92 Å². The van der Waals surface area contributed by atoms with Crippen molar-refractivity contribution < 1.29 is 8.42 Å². The molecule has 4 nitrogen and oxygen atoms in total. The summed E-state index contributed by atoms with van der Waals surface area (Å²) in [6, 6.07) is 0.169. The average molecular weight is 248 g/mol. The minimum atomic E-state index is -3.07. The predicted octanol–water partition coefficient (Wildman–Crippen LogP) is 1.05. The molecule has 0 aromatic rings. The van der Waals surface area contributed by atoms with Crippen molar-refractivity contribution in [3.8, 4) is 0 Å². The van der Waals surface area contributed by atoms with Gasteiger partial charge in [-0.25, -0.2) is 8.42 Å². The van der Waals surface area contributed by atoms with Crippen molar-refractivity contribution in [3.63, 3.8) is 0 Å². The molecular weight excluding hydrogens is 224 g/mol. The number of nitrogens with one attached hydrogen (secondary N) is 1. The van der Waals surface area contributed by atoms with Crippen LogP contribution >= 0.6 is 0 Å². The topological polar surface area (TPSA) is 49.4 Å². The Bertz CT molecular complexity index is 303. The Hall–Kier alpha value is -0.130. The minimum Gasteiger partial charge on any atom is -0.316 e. The molecule has 0 radical (unpaired) electrons.